The van der Waals surface area contributed by atoms with E-state index in [1.807, 2.05) is 11.4 Å². The predicted molar refractivity (Wildman–Crippen MR) is 82.6 cm³/mol. The van der Waals surface area contributed by atoms with E-state index in [2.05, 4.69) is 16.3 Å². The van der Waals surface area contributed by atoms with Gasteiger partial charge in [0.15, 0.2) is 0 Å². The monoisotopic (exact) mass is 326 g/mol. The molecule has 114 valence electrons. The Morgan fingerprint density at radius 1 is 1.52 bits per heavy atom. The molecule has 0 N–H and O–H groups in total. The van der Waals surface area contributed by atoms with E-state index in [0.29, 0.717) is 11.7 Å². The van der Waals surface area contributed by atoms with Crippen molar-refractivity contribution in [3.05, 3.63) is 28.7 Å². The molecule has 0 radical (unpaired) electrons. The van der Waals surface area contributed by atoms with Gasteiger partial charge in [0, 0.05) is 25.5 Å². The van der Waals surface area contributed by atoms with Crippen molar-refractivity contribution >= 4 is 28.0 Å². The Morgan fingerprint density at radius 2 is 2.29 bits per heavy atom. The summed E-state index contributed by atoms with van der Waals surface area (Å²) in [6, 6.07) is 4.06. The smallest absolute Gasteiger partial charge is 0.238 e. The molecule has 0 saturated carbocycles. The zero-order chi connectivity index (χ0) is 15.4. The third kappa shape index (κ3) is 3.76. The maximum Gasteiger partial charge on any atom is 0.238 e. The summed E-state index contributed by atoms with van der Waals surface area (Å²) in [7, 11) is 1.79. The van der Waals surface area contributed by atoms with Gasteiger partial charge in [-0.15, -0.1) is 21.5 Å². The molecule has 0 spiro atoms. The number of hydrogen-bond acceptors (Lipinski definition) is 5. The standard InChI is InChI=1S/C13H18N4O2S2/c1-10(12(18)16(2)3)21(19)13-15-14-9-17(13)7-6-11-5-4-8-20-11/h4-5,8-10H,6-7H2,1-3H3/t10-,21-/m1/s1. The first-order chi connectivity index (χ1) is 10.0. The minimum atomic E-state index is -1.51. The molecule has 0 aliphatic heterocycles. The number of aryl methyl sites for hydroxylation is 2. The van der Waals surface area contributed by atoms with E-state index in [1.165, 1.54) is 9.78 Å². The highest BCUT2D eigenvalue weighted by Gasteiger charge is 2.26. The van der Waals surface area contributed by atoms with Gasteiger partial charge >= 0.3 is 0 Å². The van der Waals surface area contributed by atoms with Crippen LogP contribution in [0.4, 0.5) is 0 Å². The first kappa shape index (κ1) is 15.8. The zero-order valence-corrected chi connectivity index (χ0v) is 13.9. The quantitative estimate of drug-likeness (QED) is 0.799. The molecule has 21 heavy (non-hydrogen) atoms. The molecule has 0 unspecified atom stereocenters. The van der Waals surface area contributed by atoms with Gasteiger partial charge in [0.25, 0.3) is 0 Å². The van der Waals surface area contributed by atoms with Crippen LogP contribution in [0.25, 0.3) is 0 Å². The second-order valence-corrected chi connectivity index (χ2v) is 7.51. The van der Waals surface area contributed by atoms with Crippen LogP contribution >= 0.6 is 11.3 Å². The van der Waals surface area contributed by atoms with Gasteiger partial charge in [-0.25, -0.2) is 0 Å². The second kappa shape index (κ2) is 6.95. The largest absolute Gasteiger partial charge is 0.348 e. The Morgan fingerprint density at radius 3 is 2.90 bits per heavy atom. The number of carbonyl (C=O) groups excluding carboxylic acids is 1. The van der Waals surface area contributed by atoms with Gasteiger partial charge in [0.1, 0.15) is 22.4 Å². The summed E-state index contributed by atoms with van der Waals surface area (Å²) in [5.74, 6) is -0.179. The van der Waals surface area contributed by atoms with E-state index in [0.717, 1.165) is 6.42 Å². The van der Waals surface area contributed by atoms with Gasteiger partial charge < -0.3 is 9.47 Å². The van der Waals surface area contributed by atoms with Crippen LogP contribution in [0.1, 0.15) is 11.8 Å². The third-order valence-corrected chi connectivity index (χ3v) is 5.50. The van der Waals surface area contributed by atoms with Crippen molar-refractivity contribution < 1.29 is 9.00 Å². The minimum Gasteiger partial charge on any atom is -0.348 e. The third-order valence-electron chi connectivity index (χ3n) is 3.05. The maximum atomic E-state index is 12.5. The summed E-state index contributed by atoms with van der Waals surface area (Å²) >= 11 is 1.68. The number of thiophene rings is 1. The molecule has 1 amide bonds. The van der Waals surface area contributed by atoms with Crippen molar-refractivity contribution in [2.45, 2.75) is 30.3 Å². The van der Waals surface area contributed by atoms with Crippen molar-refractivity contribution in [1.29, 1.82) is 0 Å². The number of aromatic nitrogens is 3. The summed E-state index contributed by atoms with van der Waals surface area (Å²) in [5.41, 5.74) is 0. The highest BCUT2D eigenvalue weighted by atomic mass is 32.2. The normalized spacial score (nSPS) is 13.9. The van der Waals surface area contributed by atoms with E-state index in [1.54, 1.807) is 43.3 Å². The topological polar surface area (TPSA) is 68.1 Å². The van der Waals surface area contributed by atoms with Crippen LogP contribution in [-0.2, 0) is 28.6 Å². The molecule has 8 heteroatoms. The minimum absolute atomic E-state index is 0.179. The van der Waals surface area contributed by atoms with Crippen molar-refractivity contribution in [3.63, 3.8) is 0 Å². The molecule has 0 bridgehead atoms. The Labute approximate surface area is 130 Å². The molecule has 6 nitrogen and oxygen atoms in total. The highest BCUT2D eigenvalue weighted by Crippen LogP contribution is 2.13. The summed E-state index contributed by atoms with van der Waals surface area (Å²) in [6.45, 7) is 2.30. The molecular weight excluding hydrogens is 308 g/mol. The fraction of sp³-hybridized carbons (Fsp3) is 0.462. The van der Waals surface area contributed by atoms with Crippen molar-refractivity contribution in [2.75, 3.05) is 14.1 Å². The number of hydrogen-bond donors (Lipinski definition) is 0. The van der Waals surface area contributed by atoms with Gasteiger partial charge in [-0.1, -0.05) is 6.07 Å². The highest BCUT2D eigenvalue weighted by molar-refractivity contribution is 7.86. The summed E-state index contributed by atoms with van der Waals surface area (Å²) in [4.78, 5) is 14.6. The number of rotatable bonds is 6. The first-order valence-electron chi connectivity index (χ1n) is 6.52. The van der Waals surface area contributed by atoms with Crippen LogP contribution in [0.5, 0.6) is 0 Å². The Balaban J connectivity index is 2.08. The SMILES string of the molecule is C[C@H](C(=O)N(C)C)[S@@](=O)c1nncn1CCc1cccs1. The predicted octanol–water partition coefficient (Wildman–Crippen LogP) is 1.17. The number of carbonyl (C=O) groups is 1. The average molecular weight is 326 g/mol. The maximum absolute atomic E-state index is 12.5. The Kier molecular flexibility index (Phi) is 5.24. The van der Waals surface area contributed by atoms with Crippen molar-refractivity contribution in [1.82, 2.24) is 19.7 Å². The van der Waals surface area contributed by atoms with E-state index < -0.39 is 16.0 Å². The van der Waals surface area contributed by atoms with E-state index in [-0.39, 0.29) is 5.91 Å². The van der Waals surface area contributed by atoms with Crippen molar-refractivity contribution in [2.24, 2.45) is 0 Å². The van der Waals surface area contributed by atoms with Gasteiger partial charge in [-0.2, -0.15) is 0 Å². The number of nitrogens with zero attached hydrogens (tertiary/aromatic N) is 4. The van der Waals surface area contributed by atoms with Crippen molar-refractivity contribution in [3.8, 4) is 0 Å². The summed E-state index contributed by atoms with van der Waals surface area (Å²) in [6.07, 6.45) is 2.39. The van der Waals surface area contributed by atoms with E-state index in [4.69, 9.17) is 0 Å². The van der Waals surface area contributed by atoms with Crippen LogP contribution in [0.2, 0.25) is 0 Å². The lowest BCUT2D eigenvalue weighted by molar-refractivity contribution is -0.127. The molecule has 2 heterocycles. The fourth-order valence-corrected chi connectivity index (χ4v) is 3.76. The van der Waals surface area contributed by atoms with Gasteiger partial charge in [0.2, 0.25) is 11.1 Å². The molecule has 0 saturated heterocycles. The van der Waals surface area contributed by atoms with Crippen LogP contribution in [0.3, 0.4) is 0 Å². The van der Waals surface area contributed by atoms with Gasteiger partial charge in [-0.3, -0.25) is 9.00 Å². The average Bonchev–Trinajstić information content (AvgIpc) is 3.13. The first-order valence-corrected chi connectivity index (χ1v) is 8.62. The second-order valence-electron chi connectivity index (χ2n) is 4.81. The molecule has 2 rings (SSSR count). The van der Waals surface area contributed by atoms with Gasteiger partial charge in [-0.05, 0) is 24.8 Å². The van der Waals surface area contributed by atoms with E-state index >= 15 is 0 Å². The Hall–Kier alpha value is -1.54. The van der Waals surface area contributed by atoms with Crippen LogP contribution < -0.4 is 0 Å². The fourth-order valence-electron chi connectivity index (χ4n) is 1.85. The number of amides is 1. The van der Waals surface area contributed by atoms with Crippen LogP contribution in [0, 0.1) is 0 Å². The summed E-state index contributed by atoms with van der Waals surface area (Å²) < 4.78 is 14.2. The molecule has 2 aromatic heterocycles. The van der Waals surface area contributed by atoms with Gasteiger partial charge in [0.05, 0.1) is 0 Å². The lowest BCUT2D eigenvalue weighted by Gasteiger charge is -2.16. The molecular formula is C13H18N4O2S2. The lowest BCUT2D eigenvalue weighted by atomic mass is 10.3. The molecule has 0 aliphatic rings. The molecule has 0 aromatic carbocycles. The summed E-state index contributed by atoms with van der Waals surface area (Å²) in [5, 5.41) is 9.50. The van der Waals surface area contributed by atoms with Crippen LogP contribution in [0.15, 0.2) is 29.0 Å². The molecule has 2 atom stereocenters. The molecule has 2 aromatic rings. The Bertz CT molecular complexity index is 622. The molecule has 0 aliphatic carbocycles. The zero-order valence-electron chi connectivity index (χ0n) is 12.2. The van der Waals surface area contributed by atoms with E-state index in [9.17, 15) is 9.00 Å². The van der Waals surface area contributed by atoms with Crippen LogP contribution in [-0.4, -0.2) is 49.1 Å². The molecule has 0 fully saturated rings. The lowest BCUT2D eigenvalue weighted by Crippen LogP contribution is -2.35.